The van der Waals surface area contributed by atoms with E-state index < -0.39 is 7.12 Å². The third-order valence-electron chi connectivity index (χ3n) is 7.86. The topological polar surface area (TPSA) is 46.2 Å². The Morgan fingerprint density at radius 2 is 1.03 bits per heavy atom. The molecule has 32 heavy (non-hydrogen) atoms. The maximum atomic E-state index is 6.23. The molecule has 3 heterocycles. The van der Waals surface area contributed by atoms with E-state index in [1.54, 1.807) is 0 Å². The fourth-order valence-corrected chi connectivity index (χ4v) is 4.28. The van der Waals surface area contributed by atoms with Crippen LogP contribution in [-0.2, 0) is 25.2 Å². The summed E-state index contributed by atoms with van der Waals surface area (Å²) < 4.78 is 31.0. The molecule has 0 N–H and O–H groups in total. The number of hydrogen-bond donors (Lipinski definition) is 0. The van der Waals surface area contributed by atoms with Crippen LogP contribution in [0.15, 0.2) is 36.4 Å². The molecule has 5 nitrogen and oxygen atoms in total. The fourth-order valence-electron chi connectivity index (χ4n) is 4.28. The maximum Gasteiger partial charge on any atom is 0.494 e. The number of hydrogen-bond acceptors (Lipinski definition) is 5. The van der Waals surface area contributed by atoms with Crippen LogP contribution in [0.1, 0.15) is 61.0 Å². The lowest BCUT2D eigenvalue weighted by Crippen LogP contribution is -2.41. The lowest BCUT2D eigenvalue weighted by Gasteiger charge is -2.32. The highest BCUT2D eigenvalue weighted by atomic mass is 16.7. The van der Waals surface area contributed by atoms with Crippen LogP contribution in [0.3, 0.4) is 0 Å². The minimum absolute atomic E-state index is 0.361. The molecule has 2 aromatic rings. The molecule has 0 atom stereocenters. The van der Waals surface area contributed by atoms with Crippen molar-refractivity contribution in [1.29, 1.82) is 0 Å². The van der Waals surface area contributed by atoms with E-state index in [1.807, 2.05) is 6.07 Å². The Bertz CT molecular complexity index is 958. The Hall–Kier alpha value is -1.79. The highest BCUT2D eigenvalue weighted by molar-refractivity contribution is 6.62. The molecule has 0 aliphatic carbocycles. The Morgan fingerprint density at radius 1 is 0.594 bits per heavy atom. The maximum absolute atomic E-state index is 6.23. The molecular formula is C25H32B2O5. The van der Waals surface area contributed by atoms with E-state index >= 15 is 0 Å². The molecule has 3 aliphatic rings. The minimum atomic E-state index is -0.402. The van der Waals surface area contributed by atoms with Crippen molar-refractivity contribution in [2.45, 2.75) is 84.4 Å². The Balaban J connectivity index is 1.42. The first-order valence-corrected chi connectivity index (χ1v) is 11.4. The van der Waals surface area contributed by atoms with E-state index in [0.717, 1.165) is 27.8 Å². The highest BCUT2D eigenvalue weighted by Gasteiger charge is 2.53. The molecule has 5 rings (SSSR count). The van der Waals surface area contributed by atoms with Crippen molar-refractivity contribution in [1.82, 2.24) is 0 Å². The van der Waals surface area contributed by atoms with E-state index in [2.05, 4.69) is 85.7 Å². The van der Waals surface area contributed by atoms with Gasteiger partial charge in [0.25, 0.3) is 0 Å². The Morgan fingerprint density at radius 3 is 1.53 bits per heavy atom. The minimum Gasteiger partial charge on any atom is -0.488 e. The van der Waals surface area contributed by atoms with Crippen molar-refractivity contribution >= 4 is 25.2 Å². The van der Waals surface area contributed by atoms with Crippen LogP contribution in [0.2, 0.25) is 0 Å². The van der Waals surface area contributed by atoms with Gasteiger partial charge >= 0.3 is 14.2 Å². The molecular weight excluding hydrogens is 402 g/mol. The van der Waals surface area contributed by atoms with Crippen molar-refractivity contribution in [2.24, 2.45) is 0 Å². The normalized spacial score (nSPS) is 24.1. The molecule has 3 aliphatic heterocycles. The number of fused-ring (bicyclic) bond motifs is 3. The first-order valence-electron chi connectivity index (χ1n) is 11.4. The van der Waals surface area contributed by atoms with Crippen LogP contribution < -0.4 is 15.7 Å². The van der Waals surface area contributed by atoms with Gasteiger partial charge in [0.05, 0.1) is 22.4 Å². The Kier molecular flexibility index (Phi) is 4.72. The highest BCUT2D eigenvalue weighted by Crippen LogP contribution is 2.40. The van der Waals surface area contributed by atoms with Crippen LogP contribution in [0.5, 0.6) is 5.75 Å². The average Bonchev–Trinajstić information content (AvgIpc) is 3.06. The summed E-state index contributed by atoms with van der Waals surface area (Å²) in [5.74, 6) is 0.855. The summed E-state index contributed by atoms with van der Waals surface area (Å²) in [5, 5.41) is 0. The molecule has 0 aromatic heterocycles. The van der Waals surface area contributed by atoms with Gasteiger partial charge in [-0.15, -0.1) is 0 Å². The first kappa shape index (κ1) is 22.0. The van der Waals surface area contributed by atoms with Crippen LogP contribution in [0.25, 0.3) is 11.1 Å². The second-order valence-electron chi connectivity index (χ2n) is 11.1. The van der Waals surface area contributed by atoms with Gasteiger partial charge in [0, 0.05) is 5.56 Å². The van der Waals surface area contributed by atoms with E-state index in [9.17, 15) is 0 Å². The lowest BCUT2D eigenvalue weighted by molar-refractivity contribution is 0.00578. The zero-order chi connectivity index (χ0) is 23.1. The van der Waals surface area contributed by atoms with E-state index in [-0.39, 0.29) is 29.5 Å². The molecule has 2 fully saturated rings. The van der Waals surface area contributed by atoms with E-state index in [0.29, 0.717) is 6.61 Å². The van der Waals surface area contributed by atoms with E-state index in [4.69, 9.17) is 23.4 Å². The van der Waals surface area contributed by atoms with Gasteiger partial charge in [-0.3, -0.25) is 0 Å². The average molecular weight is 434 g/mol. The van der Waals surface area contributed by atoms with Crippen molar-refractivity contribution in [3.63, 3.8) is 0 Å². The van der Waals surface area contributed by atoms with Gasteiger partial charge in [0.15, 0.2) is 0 Å². The molecule has 7 heteroatoms. The predicted octanol–water partition coefficient (Wildman–Crippen LogP) is 3.84. The first-order chi connectivity index (χ1) is 14.8. The fraction of sp³-hybridized carbons (Fsp3) is 0.520. The van der Waals surface area contributed by atoms with Crippen LogP contribution in [0.4, 0.5) is 0 Å². The van der Waals surface area contributed by atoms with Gasteiger partial charge in [0.2, 0.25) is 0 Å². The SMILES string of the molecule is CC1(C)OB(c2ccc3c(c2)COc2cc(B4OC(C)(C)C(C)(C)O4)ccc2-3)OC1(C)C. The monoisotopic (exact) mass is 434 g/mol. The molecule has 0 amide bonds. The largest absolute Gasteiger partial charge is 0.494 e. The third-order valence-corrected chi connectivity index (χ3v) is 7.86. The zero-order valence-corrected chi connectivity index (χ0v) is 20.4. The van der Waals surface area contributed by atoms with Crippen molar-refractivity contribution in [3.8, 4) is 16.9 Å². The van der Waals surface area contributed by atoms with Crippen molar-refractivity contribution < 1.29 is 23.4 Å². The van der Waals surface area contributed by atoms with Gasteiger partial charge in [-0.05, 0) is 83.5 Å². The standard InChI is InChI=1S/C25H32B2O5/c1-22(2)23(3,4)30-26(29-22)17-9-11-19-16(13-17)15-28-21-14-18(10-12-20(19)21)27-31-24(5,6)25(7,8)32-27/h9-14H,15H2,1-8H3. The van der Waals surface area contributed by atoms with Crippen LogP contribution in [-0.4, -0.2) is 36.6 Å². The molecule has 168 valence electrons. The Labute approximate surface area is 192 Å². The van der Waals surface area contributed by atoms with E-state index in [1.165, 1.54) is 5.56 Å². The lowest BCUT2D eigenvalue weighted by atomic mass is 9.76. The summed E-state index contributed by atoms with van der Waals surface area (Å²) in [4.78, 5) is 0. The van der Waals surface area contributed by atoms with Crippen molar-refractivity contribution in [2.75, 3.05) is 0 Å². The summed E-state index contributed by atoms with van der Waals surface area (Å²) in [6, 6.07) is 12.6. The number of rotatable bonds is 2. The molecule has 2 saturated heterocycles. The molecule has 0 radical (unpaired) electrons. The molecule has 2 aromatic carbocycles. The smallest absolute Gasteiger partial charge is 0.488 e. The summed E-state index contributed by atoms with van der Waals surface area (Å²) in [6.07, 6.45) is 0. The van der Waals surface area contributed by atoms with Crippen molar-refractivity contribution in [3.05, 3.63) is 42.0 Å². The third kappa shape index (κ3) is 3.33. The molecule has 0 bridgehead atoms. The van der Waals surface area contributed by atoms with Gasteiger partial charge in [0.1, 0.15) is 12.4 Å². The van der Waals surface area contributed by atoms with Gasteiger partial charge in [-0.1, -0.05) is 30.3 Å². The number of benzene rings is 2. The van der Waals surface area contributed by atoms with Gasteiger partial charge in [-0.2, -0.15) is 0 Å². The summed E-state index contributed by atoms with van der Waals surface area (Å²) in [5.41, 5.74) is 3.91. The number of ether oxygens (including phenoxy) is 1. The summed E-state index contributed by atoms with van der Waals surface area (Å²) >= 11 is 0. The molecule has 0 spiro atoms. The second-order valence-corrected chi connectivity index (χ2v) is 11.1. The predicted molar refractivity (Wildman–Crippen MR) is 128 cm³/mol. The molecule has 0 unspecified atom stereocenters. The second kappa shape index (κ2) is 6.86. The van der Waals surface area contributed by atoms with Gasteiger partial charge < -0.3 is 23.4 Å². The van der Waals surface area contributed by atoms with Crippen LogP contribution in [0, 0.1) is 0 Å². The quantitative estimate of drug-likeness (QED) is 0.673. The molecule has 0 saturated carbocycles. The van der Waals surface area contributed by atoms with Crippen LogP contribution >= 0.6 is 0 Å². The summed E-state index contributed by atoms with van der Waals surface area (Å²) in [6.45, 7) is 17.1. The van der Waals surface area contributed by atoms with Gasteiger partial charge in [-0.25, -0.2) is 0 Å². The zero-order valence-electron chi connectivity index (χ0n) is 20.4. The summed E-state index contributed by atoms with van der Waals surface area (Å²) in [7, 11) is -0.779.